The molecule has 9 nitrogen and oxygen atoms in total. The first-order valence-corrected chi connectivity index (χ1v) is 10.4. The second-order valence-corrected chi connectivity index (χ2v) is 8.44. The molecule has 3 heterocycles. The number of hydrogen-bond donors (Lipinski definition) is 3. The second kappa shape index (κ2) is 6.95. The number of sulfonamides is 1. The van der Waals surface area contributed by atoms with Gasteiger partial charge in [0.05, 0.1) is 11.4 Å². The van der Waals surface area contributed by atoms with Gasteiger partial charge >= 0.3 is 0 Å². The van der Waals surface area contributed by atoms with E-state index in [2.05, 4.69) is 34.1 Å². The van der Waals surface area contributed by atoms with Crippen molar-refractivity contribution in [2.75, 3.05) is 18.5 Å². The van der Waals surface area contributed by atoms with E-state index >= 15 is 0 Å². The normalized spacial score (nSPS) is 15.0. The first kappa shape index (κ1) is 18.5. The van der Waals surface area contributed by atoms with E-state index in [1.807, 2.05) is 18.2 Å². The van der Waals surface area contributed by atoms with Crippen LogP contribution in [0.2, 0.25) is 0 Å². The summed E-state index contributed by atoms with van der Waals surface area (Å²) in [5, 5.41) is 9.05. The van der Waals surface area contributed by atoms with E-state index < -0.39 is 10.0 Å². The summed E-state index contributed by atoms with van der Waals surface area (Å²) in [6.45, 7) is 5.15. The van der Waals surface area contributed by atoms with Crippen LogP contribution >= 0.6 is 0 Å². The van der Waals surface area contributed by atoms with Crippen molar-refractivity contribution in [2.24, 2.45) is 11.1 Å². The molecule has 4 N–H and O–H groups in total. The highest BCUT2D eigenvalue weighted by molar-refractivity contribution is 7.89. The smallest absolute Gasteiger partial charge is 0.240 e. The van der Waals surface area contributed by atoms with E-state index in [0.29, 0.717) is 41.6 Å². The highest BCUT2D eigenvalue weighted by Gasteiger charge is 2.24. The zero-order valence-electron chi connectivity index (χ0n) is 15.5. The molecule has 0 saturated carbocycles. The number of primary sulfonamides is 1. The minimum atomic E-state index is -3.93. The summed E-state index contributed by atoms with van der Waals surface area (Å²) in [5.41, 5.74) is 1.37. The second-order valence-electron chi connectivity index (χ2n) is 6.91. The molecule has 0 unspecified atom stereocenters. The number of H-pyrrole nitrogens is 1. The highest BCUT2D eigenvalue weighted by Crippen LogP contribution is 2.37. The van der Waals surface area contributed by atoms with Crippen molar-refractivity contribution in [3.05, 3.63) is 36.3 Å². The van der Waals surface area contributed by atoms with E-state index in [9.17, 15) is 8.42 Å². The van der Waals surface area contributed by atoms with Crippen LogP contribution < -0.4 is 19.9 Å². The molecule has 0 radical (unpaired) electrons. The molecule has 1 atom stereocenters. The molecule has 1 aromatic carbocycles. The van der Waals surface area contributed by atoms with Gasteiger partial charge in [0.15, 0.2) is 11.5 Å². The highest BCUT2D eigenvalue weighted by atomic mass is 32.2. The van der Waals surface area contributed by atoms with Gasteiger partial charge < -0.3 is 19.8 Å². The lowest BCUT2D eigenvalue weighted by Crippen LogP contribution is -2.20. The molecule has 0 aliphatic carbocycles. The van der Waals surface area contributed by atoms with Gasteiger partial charge in [-0.05, 0) is 23.6 Å². The van der Waals surface area contributed by atoms with Crippen molar-refractivity contribution in [3.8, 4) is 11.5 Å². The first-order valence-electron chi connectivity index (χ1n) is 8.85. The Kier molecular flexibility index (Phi) is 4.60. The van der Waals surface area contributed by atoms with Crippen molar-refractivity contribution < 1.29 is 17.9 Å². The van der Waals surface area contributed by atoms with Gasteiger partial charge in [-0.15, -0.1) is 0 Å². The summed E-state index contributed by atoms with van der Waals surface area (Å²) >= 11 is 0. The topological polar surface area (TPSA) is 132 Å². The summed E-state index contributed by atoms with van der Waals surface area (Å²) < 4.78 is 35.2. The average Bonchev–Trinajstić information content (AvgIpc) is 3.11. The number of rotatable bonds is 5. The maximum Gasteiger partial charge on any atom is 0.240 e. The van der Waals surface area contributed by atoms with Gasteiger partial charge in [-0.2, -0.15) is 0 Å². The van der Waals surface area contributed by atoms with Crippen LogP contribution in [0.5, 0.6) is 11.5 Å². The fourth-order valence-electron chi connectivity index (χ4n) is 3.30. The molecule has 2 aromatic heterocycles. The molecule has 0 amide bonds. The summed E-state index contributed by atoms with van der Waals surface area (Å²) in [5.74, 6) is 1.97. The Bertz CT molecular complexity index is 1130. The van der Waals surface area contributed by atoms with Crippen LogP contribution in [0, 0.1) is 5.92 Å². The Labute approximate surface area is 162 Å². The van der Waals surface area contributed by atoms with Crippen LogP contribution in [0.25, 0.3) is 11.0 Å². The number of aromatic amines is 1. The zero-order valence-corrected chi connectivity index (χ0v) is 16.3. The van der Waals surface area contributed by atoms with Gasteiger partial charge in [0.1, 0.15) is 35.9 Å². The summed E-state index contributed by atoms with van der Waals surface area (Å²) in [6, 6.07) is 5.61. The molecular weight excluding hydrogens is 382 g/mol. The van der Waals surface area contributed by atoms with Gasteiger partial charge in [0, 0.05) is 6.20 Å². The van der Waals surface area contributed by atoms with Crippen LogP contribution in [0.3, 0.4) is 0 Å². The number of ether oxygens (including phenoxy) is 2. The van der Waals surface area contributed by atoms with Crippen LogP contribution in [0.15, 0.2) is 35.6 Å². The lowest BCUT2D eigenvalue weighted by atomic mass is 9.95. The van der Waals surface area contributed by atoms with Crippen LogP contribution in [-0.2, 0) is 10.0 Å². The first-order chi connectivity index (χ1) is 13.3. The Hall–Kier alpha value is -2.85. The molecule has 148 valence electrons. The fraction of sp³-hybridized carbons (Fsp3) is 0.333. The Morgan fingerprint density at radius 3 is 2.64 bits per heavy atom. The molecule has 1 aliphatic rings. The van der Waals surface area contributed by atoms with Crippen molar-refractivity contribution >= 4 is 26.9 Å². The maximum atomic E-state index is 12.0. The molecule has 4 rings (SSSR count). The number of anilines is 1. The summed E-state index contributed by atoms with van der Waals surface area (Å²) in [6.07, 6.45) is 2.70. The standard InChI is InChI=1S/C18H21N5O4S/c1-10(2)16(11-3-4-12-13(7-11)27-6-5-26-12)23-18-15-14(28(19,24)25)8-20-17(15)21-9-22-18/h3-4,7-10,16H,5-6H2,1-2H3,(H2,19,24,25)(H2,20,21,22,23)/t16-/m1/s1. The van der Waals surface area contributed by atoms with Crippen LogP contribution in [0.4, 0.5) is 5.82 Å². The van der Waals surface area contributed by atoms with Gasteiger partial charge in [-0.25, -0.2) is 23.5 Å². The molecular formula is C18H21N5O4S. The number of hydrogen-bond acceptors (Lipinski definition) is 7. The molecule has 10 heteroatoms. The van der Waals surface area contributed by atoms with Crippen molar-refractivity contribution in [1.82, 2.24) is 15.0 Å². The van der Waals surface area contributed by atoms with Gasteiger partial charge in [-0.3, -0.25) is 0 Å². The number of aromatic nitrogens is 3. The Morgan fingerprint density at radius 1 is 1.18 bits per heavy atom. The van der Waals surface area contributed by atoms with Crippen molar-refractivity contribution in [2.45, 2.75) is 24.8 Å². The number of nitrogens with one attached hydrogen (secondary N) is 2. The van der Waals surface area contributed by atoms with Crippen molar-refractivity contribution in [3.63, 3.8) is 0 Å². The molecule has 1 aliphatic heterocycles. The molecule has 0 saturated heterocycles. The van der Waals surface area contributed by atoms with E-state index in [1.54, 1.807) is 0 Å². The third-order valence-electron chi connectivity index (χ3n) is 4.62. The average molecular weight is 403 g/mol. The number of nitrogens with zero attached hydrogens (tertiary/aromatic N) is 2. The van der Waals surface area contributed by atoms with Gasteiger partial charge in [-0.1, -0.05) is 19.9 Å². The van der Waals surface area contributed by atoms with E-state index in [4.69, 9.17) is 14.6 Å². The molecule has 0 bridgehead atoms. The summed E-state index contributed by atoms with van der Waals surface area (Å²) in [4.78, 5) is 11.2. The number of benzene rings is 1. The maximum absolute atomic E-state index is 12.0. The largest absolute Gasteiger partial charge is 0.486 e. The molecule has 0 spiro atoms. The Morgan fingerprint density at radius 2 is 1.93 bits per heavy atom. The minimum absolute atomic E-state index is 0.0460. The third-order valence-corrected chi connectivity index (χ3v) is 5.56. The molecule has 0 fully saturated rings. The quantitative estimate of drug-likeness (QED) is 0.595. The number of nitrogens with two attached hydrogens (primary N) is 1. The van der Waals surface area contributed by atoms with Crippen molar-refractivity contribution in [1.29, 1.82) is 0 Å². The lowest BCUT2D eigenvalue weighted by Gasteiger charge is -2.26. The third kappa shape index (κ3) is 3.36. The molecule has 3 aromatic rings. The predicted molar refractivity (Wildman–Crippen MR) is 104 cm³/mol. The zero-order chi connectivity index (χ0) is 19.9. The fourth-order valence-corrected chi connectivity index (χ4v) is 4.00. The monoisotopic (exact) mass is 403 g/mol. The van der Waals surface area contributed by atoms with Gasteiger partial charge in [0.2, 0.25) is 10.0 Å². The summed E-state index contributed by atoms with van der Waals surface area (Å²) in [7, 11) is -3.93. The Balaban J connectivity index is 1.77. The van der Waals surface area contributed by atoms with Crippen LogP contribution in [-0.4, -0.2) is 36.6 Å². The van der Waals surface area contributed by atoms with Gasteiger partial charge in [0.25, 0.3) is 0 Å². The van der Waals surface area contributed by atoms with E-state index in [1.165, 1.54) is 12.5 Å². The lowest BCUT2D eigenvalue weighted by molar-refractivity contribution is 0.171. The number of fused-ring (bicyclic) bond motifs is 2. The van der Waals surface area contributed by atoms with Crippen LogP contribution in [0.1, 0.15) is 25.5 Å². The minimum Gasteiger partial charge on any atom is -0.486 e. The SMILES string of the molecule is CC(C)[C@@H](Nc1ncnc2[nH]cc(S(N)(=O)=O)c12)c1ccc2c(c1)OCCO2. The van der Waals surface area contributed by atoms with E-state index in [0.717, 1.165) is 5.56 Å². The predicted octanol–water partition coefficient (Wildman–Crippen LogP) is 2.19. The molecule has 28 heavy (non-hydrogen) atoms. The van der Waals surface area contributed by atoms with E-state index in [-0.39, 0.29) is 16.9 Å².